The lowest BCUT2D eigenvalue weighted by Gasteiger charge is -2.37. The first-order valence-electron chi connectivity index (χ1n) is 9.47. The monoisotopic (exact) mass is 429 g/mol. The van der Waals surface area contributed by atoms with E-state index in [-0.39, 0.29) is 0 Å². The number of carbonyl (C=O) groups is 1. The van der Waals surface area contributed by atoms with Gasteiger partial charge in [0.25, 0.3) is 0 Å². The molecule has 2 aromatic rings. The highest BCUT2D eigenvalue weighted by atomic mass is 79.9. The van der Waals surface area contributed by atoms with Gasteiger partial charge in [-0.05, 0) is 48.7 Å². The molecule has 0 aliphatic carbocycles. The Morgan fingerprint density at radius 3 is 2.37 bits per heavy atom. The predicted molar refractivity (Wildman–Crippen MR) is 112 cm³/mol. The first kappa shape index (κ1) is 18.2. The van der Waals surface area contributed by atoms with Crippen molar-refractivity contribution < 1.29 is 9.90 Å². The van der Waals surface area contributed by atoms with Gasteiger partial charge in [-0.2, -0.15) is 0 Å². The zero-order valence-electron chi connectivity index (χ0n) is 15.2. The van der Waals surface area contributed by atoms with Crippen LogP contribution in [0.1, 0.15) is 24.4 Å². The summed E-state index contributed by atoms with van der Waals surface area (Å²) < 4.78 is 1.10. The molecule has 0 saturated carbocycles. The molecular formula is C21H24BrN3O2. The standard InChI is InChI=1S/C21H24BrN3O2/c22-16-7-9-17(10-8-16)25-11-3-6-20(25)18-4-1-2-5-19(18)23-12-14-24(15-13-23)21(26)27/h1-2,4-5,7-10,20H,3,6,11-15H2,(H,26,27). The van der Waals surface area contributed by atoms with Gasteiger partial charge in [0.1, 0.15) is 0 Å². The van der Waals surface area contributed by atoms with E-state index in [4.69, 9.17) is 0 Å². The van der Waals surface area contributed by atoms with Crippen LogP contribution in [-0.2, 0) is 0 Å². The van der Waals surface area contributed by atoms with E-state index in [1.165, 1.54) is 28.3 Å². The molecule has 2 heterocycles. The average molecular weight is 430 g/mol. The van der Waals surface area contributed by atoms with Crippen molar-refractivity contribution in [2.45, 2.75) is 18.9 Å². The van der Waals surface area contributed by atoms with Crippen LogP contribution in [0.5, 0.6) is 0 Å². The van der Waals surface area contributed by atoms with E-state index in [0.717, 1.165) is 30.5 Å². The van der Waals surface area contributed by atoms with Gasteiger partial charge in [0.15, 0.2) is 0 Å². The van der Waals surface area contributed by atoms with Gasteiger partial charge in [-0.15, -0.1) is 0 Å². The summed E-state index contributed by atoms with van der Waals surface area (Å²) in [7, 11) is 0. The fourth-order valence-electron chi connectivity index (χ4n) is 4.23. The van der Waals surface area contributed by atoms with E-state index in [9.17, 15) is 9.90 Å². The number of para-hydroxylation sites is 1. The van der Waals surface area contributed by atoms with E-state index in [1.807, 2.05) is 0 Å². The maximum absolute atomic E-state index is 11.2. The van der Waals surface area contributed by atoms with E-state index >= 15 is 0 Å². The van der Waals surface area contributed by atoms with Crippen LogP contribution in [0, 0.1) is 0 Å². The van der Waals surface area contributed by atoms with Crippen LogP contribution in [0.15, 0.2) is 53.0 Å². The van der Waals surface area contributed by atoms with E-state index in [2.05, 4.69) is 74.3 Å². The Morgan fingerprint density at radius 2 is 1.67 bits per heavy atom. The summed E-state index contributed by atoms with van der Waals surface area (Å²) in [4.78, 5) is 17.5. The summed E-state index contributed by atoms with van der Waals surface area (Å²) in [5, 5.41) is 9.20. The van der Waals surface area contributed by atoms with Gasteiger partial charge in [-0.1, -0.05) is 34.1 Å². The Morgan fingerprint density at radius 1 is 0.963 bits per heavy atom. The van der Waals surface area contributed by atoms with Gasteiger partial charge in [0.05, 0.1) is 6.04 Å². The Labute approximate surface area is 168 Å². The summed E-state index contributed by atoms with van der Waals surface area (Å²) in [6.07, 6.45) is 1.50. The van der Waals surface area contributed by atoms with Crippen LogP contribution in [0.25, 0.3) is 0 Å². The van der Waals surface area contributed by atoms with Crippen molar-refractivity contribution in [1.82, 2.24) is 4.90 Å². The smallest absolute Gasteiger partial charge is 0.407 e. The third-order valence-corrected chi connectivity index (χ3v) is 6.13. The number of anilines is 2. The van der Waals surface area contributed by atoms with Crippen molar-refractivity contribution in [3.8, 4) is 0 Å². The molecule has 2 aromatic carbocycles. The topological polar surface area (TPSA) is 47.0 Å². The van der Waals surface area contributed by atoms with E-state index in [1.54, 1.807) is 0 Å². The third-order valence-electron chi connectivity index (χ3n) is 5.60. The summed E-state index contributed by atoms with van der Waals surface area (Å²) >= 11 is 3.52. The second-order valence-electron chi connectivity index (χ2n) is 7.14. The molecule has 5 nitrogen and oxygen atoms in total. The van der Waals surface area contributed by atoms with Gasteiger partial charge in [-0.3, -0.25) is 0 Å². The molecule has 27 heavy (non-hydrogen) atoms. The maximum Gasteiger partial charge on any atom is 0.407 e. The Kier molecular flexibility index (Phi) is 5.25. The van der Waals surface area contributed by atoms with Crippen LogP contribution in [0.3, 0.4) is 0 Å². The van der Waals surface area contributed by atoms with E-state index in [0.29, 0.717) is 19.1 Å². The number of nitrogens with zero attached hydrogens (tertiary/aromatic N) is 3. The molecule has 0 spiro atoms. The molecular weight excluding hydrogens is 406 g/mol. The Bertz CT molecular complexity index is 803. The molecule has 2 saturated heterocycles. The quantitative estimate of drug-likeness (QED) is 0.774. The number of hydrogen-bond donors (Lipinski definition) is 1. The van der Waals surface area contributed by atoms with Crippen LogP contribution in [0.2, 0.25) is 0 Å². The lowest BCUT2D eigenvalue weighted by Crippen LogP contribution is -2.48. The minimum Gasteiger partial charge on any atom is -0.465 e. The lowest BCUT2D eigenvalue weighted by molar-refractivity contribution is 0.142. The second kappa shape index (κ2) is 7.80. The molecule has 1 atom stereocenters. The van der Waals surface area contributed by atoms with Crippen molar-refractivity contribution in [2.24, 2.45) is 0 Å². The van der Waals surface area contributed by atoms with Crippen molar-refractivity contribution in [2.75, 3.05) is 42.5 Å². The average Bonchev–Trinajstić information content (AvgIpc) is 3.18. The van der Waals surface area contributed by atoms with Crippen LogP contribution in [0.4, 0.5) is 16.2 Å². The normalized spacial score (nSPS) is 20.2. The largest absolute Gasteiger partial charge is 0.465 e. The molecule has 6 heteroatoms. The summed E-state index contributed by atoms with van der Waals surface area (Å²) in [6, 6.07) is 17.5. The number of piperazine rings is 1. The summed E-state index contributed by atoms with van der Waals surface area (Å²) in [6.45, 7) is 3.67. The van der Waals surface area contributed by atoms with Crippen LogP contribution >= 0.6 is 15.9 Å². The fourth-order valence-corrected chi connectivity index (χ4v) is 4.49. The van der Waals surface area contributed by atoms with Crippen molar-refractivity contribution in [1.29, 1.82) is 0 Å². The lowest BCUT2D eigenvalue weighted by atomic mass is 10.0. The predicted octanol–water partition coefficient (Wildman–Crippen LogP) is 4.59. The van der Waals surface area contributed by atoms with Crippen molar-refractivity contribution >= 4 is 33.4 Å². The number of carboxylic acid groups (broad SMARTS) is 1. The van der Waals surface area contributed by atoms with Gasteiger partial charge >= 0.3 is 6.09 Å². The van der Waals surface area contributed by atoms with Crippen molar-refractivity contribution in [3.05, 3.63) is 58.6 Å². The summed E-state index contributed by atoms with van der Waals surface area (Å²) in [5.41, 5.74) is 3.85. The van der Waals surface area contributed by atoms with Crippen LogP contribution < -0.4 is 9.80 Å². The number of rotatable bonds is 3. The molecule has 0 aromatic heterocycles. The fraction of sp³-hybridized carbons (Fsp3) is 0.381. The molecule has 1 unspecified atom stereocenters. The highest BCUT2D eigenvalue weighted by molar-refractivity contribution is 9.10. The number of halogens is 1. The highest BCUT2D eigenvalue weighted by Gasteiger charge is 2.30. The molecule has 1 amide bonds. The first-order valence-corrected chi connectivity index (χ1v) is 10.3. The molecule has 142 valence electrons. The Hall–Kier alpha value is -2.21. The van der Waals surface area contributed by atoms with Gasteiger partial charge < -0.3 is 19.8 Å². The second-order valence-corrected chi connectivity index (χ2v) is 8.06. The molecule has 2 aliphatic heterocycles. The molecule has 2 aliphatic rings. The van der Waals surface area contributed by atoms with Crippen LogP contribution in [-0.4, -0.2) is 48.8 Å². The van der Waals surface area contributed by atoms with Gasteiger partial charge in [0, 0.05) is 48.6 Å². The summed E-state index contributed by atoms with van der Waals surface area (Å²) in [5.74, 6) is 0. The zero-order chi connectivity index (χ0) is 18.8. The molecule has 4 rings (SSSR count). The molecule has 1 N–H and O–H groups in total. The minimum atomic E-state index is -0.819. The maximum atomic E-state index is 11.2. The number of amides is 1. The molecule has 2 fully saturated rings. The number of hydrogen-bond acceptors (Lipinski definition) is 3. The highest BCUT2D eigenvalue weighted by Crippen LogP contribution is 2.40. The third kappa shape index (κ3) is 3.76. The molecule has 0 radical (unpaired) electrons. The van der Waals surface area contributed by atoms with Gasteiger partial charge in [0.2, 0.25) is 0 Å². The first-order chi connectivity index (χ1) is 13.1. The number of benzene rings is 2. The zero-order valence-corrected chi connectivity index (χ0v) is 16.8. The van der Waals surface area contributed by atoms with E-state index < -0.39 is 6.09 Å². The van der Waals surface area contributed by atoms with Gasteiger partial charge in [-0.25, -0.2) is 4.79 Å². The Balaban J connectivity index is 1.59. The molecule has 0 bridgehead atoms. The minimum absolute atomic E-state index is 0.361. The van der Waals surface area contributed by atoms with Crippen molar-refractivity contribution in [3.63, 3.8) is 0 Å². The SMILES string of the molecule is O=C(O)N1CCN(c2ccccc2C2CCCN2c2ccc(Br)cc2)CC1.